The van der Waals surface area contributed by atoms with Crippen LogP contribution in [0.2, 0.25) is 0 Å². The van der Waals surface area contributed by atoms with Crippen LogP contribution in [0.15, 0.2) is 54.6 Å². The van der Waals surface area contributed by atoms with Crippen molar-refractivity contribution in [1.82, 2.24) is 14.9 Å². The van der Waals surface area contributed by atoms with Gasteiger partial charge in [0.1, 0.15) is 0 Å². The van der Waals surface area contributed by atoms with Crippen LogP contribution in [-0.4, -0.2) is 50.7 Å². The third-order valence-electron chi connectivity index (χ3n) is 5.96. The Hall–Kier alpha value is -1.64. The van der Waals surface area contributed by atoms with Crippen molar-refractivity contribution in [2.45, 2.75) is 43.8 Å². The maximum atomic E-state index is 11.9. The number of rotatable bonds is 7. The third kappa shape index (κ3) is 7.46. The van der Waals surface area contributed by atoms with Gasteiger partial charge in [-0.25, -0.2) is 13.1 Å². The lowest BCUT2D eigenvalue weighted by atomic mass is 10.0. The van der Waals surface area contributed by atoms with E-state index in [4.69, 9.17) is 0 Å². The van der Waals surface area contributed by atoms with E-state index < -0.39 is 15.9 Å². The summed E-state index contributed by atoms with van der Waals surface area (Å²) in [5.74, 6) is 0.0764. The van der Waals surface area contributed by atoms with Crippen LogP contribution >= 0.6 is 24.8 Å². The van der Waals surface area contributed by atoms with E-state index in [0.29, 0.717) is 23.6 Å². The minimum Gasteiger partial charge on any atom is -0.311 e. The number of nitrogens with one attached hydrogen (secondary N) is 2. The number of amides is 1. The van der Waals surface area contributed by atoms with Gasteiger partial charge in [-0.2, -0.15) is 0 Å². The van der Waals surface area contributed by atoms with Gasteiger partial charge in [0.15, 0.2) is 0 Å². The summed E-state index contributed by atoms with van der Waals surface area (Å²) < 4.78 is 24.4. The molecule has 0 bridgehead atoms. The first kappa shape index (κ1) is 26.6. The monoisotopic (exact) mass is 499 g/mol. The second-order valence-corrected chi connectivity index (χ2v) is 10.2. The van der Waals surface area contributed by atoms with Crippen molar-refractivity contribution in [3.8, 4) is 0 Å². The average molecular weight is 500 g/mol. The molecule has 176 valence electrons. The third-order valence-corrected chi connectivity index (χ3v) is 6.51. The Morgan fingerprint density at radius 3 is 2.22 bits per heavy atom. The van der Waals surface area contributed by atoms with Gasteiger partial charge in [0.05, 0.1) is 6.26 Å². The maximum Gasteiger partial charge on any atom is 0.264 e. The van der Waals surface area contributed by atoms with Crippen LogP contribution in [0.25, 0.3) is 0 Å². The lowest BCUT2D eigenvalue weighted by Crippen LogP contribution is -2.43. The van der Waals surface area contributed by atoms with Gasteiger partial charge in [0, 0.05) is 30.1 Å². The highest BCUT2D eigenvalue weighted by Gasteiger charge is 2.39. The lowest BCUT2D eigenvalue weighted by molar-refractivity contribution is 0.0981. The zero-order valence-corrected chi connectivity index (χ0v) is 20.5. The highest BCUT2D eigenvalue weighted by molar-refractivity contribution is 7.89. The van der Waals surface area contributed by atoms with Crippen LogP contribution in [0.4, 0.5) is 0 Å². The molecule has 1 aliphatic carbocycles. The van der Waals surface area contributed by atoms with Gasteiger partial charge in [-0.05, 0) is 55.6 Å². The number of piperidine rings is 1. The van der Waals surface area contributed by atoms with E-state index >= 15 is 0 Å². The number of hydrogen-bond acceptors (Lipinski definition) is 5. The van der Waals surface area contributed by atoms with E-state index in [-0.39, 0.29) is 24.8 Å². The van der Waals surface area contributed by atoms with Crippen molar-refractivity contribution < 1.29 is 13.2 Å². The molecule has 1 amide bonds. The average Bonchev–Trinajstić information content (AvgIpc) is 3.48. The Labute approximate surface area is 203 Å². The van der Waals surface area contributed by atoms with E-state index in [1.165, 1.54) is 12.0 Å². The van der Waals surface area contributed by atoms with Crippen LogP contribution in [0.3, 0.4) is 0 Å². The van der Waals surface area contributed by atoms with E-state index in [9.17, 15) is 13.2 Å². The summed E-state index contributed by atoms with van der Waals surface area (Å²) in [5, 5.41) is 3.84. The van der Waals surface area contributed by atoms with Gasteiger partial charge >= 0.3 is 0 Å². The van der Waals surface area contributed by atoms with Gasteiger partial charge in [-0.1, -0.05) is 42.5 Å². The molecule has 0 aromatic heterocycles. The summed E-state index contributed by atoms with van der Waals surface area (Å²) in [7, 11) is -3.55. The summed E-state index contributed by atoms with van der Waals surface area (Å²) >= 11 is 0. The molecule has 0 radical (unpaired) electrons. The Balaban J connectivity index is 0.00000181. The normalized spacial score (nSPS) is 21.2. The smallest absolute Gasteiger partial charge is 0.264 e. The Morgan fingerprint density at radius 2 is 1.62 bits per heavy atom. The maximum absolute atomic E-state index is 11.9. The van der Waals surface area contributed by atoms with Gasteiger partial charge < -0.3 is 5.32 Å². The Bertz CT molecular complexity index is 979. The zero-order valence-electron chi connectivity index (χ0n) is 18.1. The molecule has 0 spiro atoms. The molecule has 9 heteroatoms. The molecular weight excluding hydrogens is 469 g/mol. The fraction of sp³-hybridized carbons (Fsp3) is 0.435. The van der Waals surface area contributed by atoms with Crippen LogP contribution in [0.1, 0.15) is 46.7 Å². The summed E-state index contributed by atoms with van der Waals surface area (Å²) in [6.07, 6.45) is 4.51. The van der Waals surface area contributed by atoms with Crippen LogP contribution in [0, 0.1) is 0 Å². The predicted molar refractivity (Wildman–Crippen MR) is 132 cm³/mol. The molecule has 6 nitrogen and oxygen atoms in total. The number of sulfonamides is 1. The zero-order chi connectivity index (χ0) is 21.1. The van der Waals surface area contributed by atoms with Crippen molar-refractivity contribution in [1.29, 1.82) is 0 Å². The second kappa shape index (κ2) is 11.5. The van der Waals surface area contributed by atoms with Gasteiger partial charge in [0.2, 0.25) is 10.0 Å². The van der Waals surface area contributed by atoms with Crippen LogP contribution < -0.4 is 10.0 Å². The largest absolute Gasteiger partial charge is 0.311 e. The van der Waals surface area contributed by atoms with Gasteiger partial charge in [0.25, 0.3) is 5.91 Å². The number of hydrogen-bond donors (Lipinski definition) is 2. The highest BCUT2D eigenvalue weighted by atomic mass is 35.5. The van der Waals surface area contributed by atoms with Crippen molar-refractivity contribution in [3.05, 3.63) is 71.3 Å². The minimum atomic E-state index is -3.55. The molecule has 1 heterocycles. The molecule has 2 atom stereocenters. The number of likely N-dealkylation sites (tertiary alicyclic amines) is 1. The summed E-state index contributed by atoms with van der Waals surface area (Å²) in [6, 6.07) is 19.1. The number of carbonyl (C=O) groups excluding carboxylic acids is 1. The highest BCUT2D eigenvalue weighted by Crippen LogP contribution is 2.41. The molecule has 1 saturated carbocycles. The molecule has 2 aromatic carbocycles. The summed E-state index contributed by atoms with van der Waals surface area (Å²) in [5.41, 5.74) is 2.93. The van der Waals surface area contributed by atoms with Gasteiger partial charge in [-0.3, -0.25) is 9.69 Å². The number of halogens is 2. The Kier molecular flexibility index (Phi) is 9.54. The molecule has 2 unspecified atom stereocenters. The molecule has 32 heavy (non-hydrogen) atoms. The van der Waals surface area contributed by atoms with Crippen molar-refractivity contribution in [2.24, 2.45) is 0 Å². The molecule has 2 fully saturated rings. The number of nitrogens with zero attached hydrogens (tertiary/aromatic N) is 1. The molecule has 1 saturated heterocycles. The Morgan fingerprint density at radius 1 is 1.00 bits per heavy atom. The van der Waals surface area contributed by atoms with Crippen LogP contribution in [-0.2, 0) is 16.6 Å². The molecule has 2 N–H and O–H groups in total. The first-order valence-electron chi connectivity index (χ1n) is 10.5. The quantitative estimate of drug-likeness (QED) is 0.610. The second-order valence-electron chi connectivity index (χ2n) is 8.48. The van der Waals surface area contributed by atoms with E-state index in [0.717, 1.165) is 44.3 Å². The van der Waals surface area contributed by atoms with Crippen molar-refractivity contribution >= 4 is 40.7 Å². The molecule has 2 aromatic rings. The summed E-state index contributed by atoms with van der Waals surface area (Å²) in [6.45, 7) is 2.95. The minimum absolute atomic E-state index is 0. The molecule has 2 aliphatic rings. The fourth-order valence-electron chi connectivity index (χ4n) is 4.26. The SMILES string of the molecule is CS(=O)(=O)NC(=O)c1ccc(CN2CCC(NC3CC3c3ccccc3)CC2)cc1.Cl.Cl. The molecule has 4 rings (SSSR count). The first-order valence-corrected chi connectivity index (χ1v) is 12.4. The standard InChI is InChI=1S/C23H29N3O3S.2ClH/c1-30(28,29)25-23(27)19-9-7-17(8-10-19)16-26-13-11-20(12-14-26)24-22-15-21(22)18-5-3-2-4-6-18;;/h2-10,20-22,24H,11-16H2,1H3,(H,25,27);2*1H. The topological polar surface area (TPSA) is 78.5 Å². The van der Waals surface area contributed by atoms with E-state index in [1.54, 1.807) is 12.1 Å². The van der Waals surface area contributed by atoms with E-state index in [2.05, 4.69) is 40.5 Å². The first-order chi connectivity index (χ1) is 14.4. The van der Waals surface area contributed by atoms with E-state index in [1.807, 2.05) is 16.9 Å². The molecule has 1 aliphatic heterocycles. The van der Waals surface area contributed by atoms with Crippen molar-refractivity contribution in [2.75, 3.05) is 19.3 Å². The predicted octanol–water partition coefficient (Wildman–Crippen LogP) is 3.33. The number of benzene rings is 2. The van der Waals surface area contributed by atoms with Gasteiger partial charge in [-0.15, -0.1) is 24.8 Å². The van der Waals surface area contributed by atoms with Crippen molar-refractivity contribution in [3.63, 3.8) is 0 Å². The lowest BCUT2D eigenvalue weighted by Gasteiger charge is -2.32. The number of carbonyl (C=O) groups is 1. The molecular formula is C23H31Cl2N3O3S. The van der Waals surface area contributed by atoms with Crippen LogP contribution in [0.5, 0.6) is 0 Å². The fourth-order valence-corrected chi connectivity index (χ4v) is 4.71. The summed E-state index contributed by atoms with van der Waals surface area (Å²) in [4.78, 5) is 14.3.